The Hall–Kier alpha value is -1.94. The lowest BCUT2D eigenvalue weighted by atomic mass is 10.0. The van der Waals surface area contributed by atoms with Gasteiger partial charge < -0.3 is 9.47 Å². The standard InChI is InChI=1S/C16H17NO3/c18-16(20-11-12-5-7-19-8-6-12)15-10-17-9-13-3-1-2-4-14(13)15/h1-4,9-10,12H,5-8,11H2. The van der Waals surface area contributed by atoms with Gasteiger partial charge in [0.25, 0.3) is 0 Å². The van der Waals surface area contributed by atoms with Gasteiger partial charge in [0, 0.05) is 31.0 Å². The van der Waals surface area contributed by atoms with Gasteiger partial charge in [-0.1, -0.05) is 24.3 Å². The summed E-state index contributed by atoms with van der Waals surface area (Å²) >= 11 is 0. The van der Waals surface area contributed by atoms with Crippen LogP contribution < -0.4 is 0 Å². The average molecular weight is 271 g/mol. The third-order valence-electron chi connectivity index (χ3n) is 3.68. The van der Waals surface area contributed by atoms with Crippen molar-refractivity contribution in [3.8, 4) is 0 Å². The second kappa shape index (κ2) is 6.01. The number of fused-ring (bicyclic) bond motifs is 1. The number of rotatable bonds is 3. The van der Waals surface area contributed by atoms with Crippen LogP contribution in [0.3, 0.4) is 0 Å². The first-order valence-corrected chi connectivity index (χ1v) is 6.92. The highest BCUT2D eigenvalue weighted by molar-refractivity contribution is 6.03. The van der Waals surface area contributed by atoms with Crippen molar-refractivity contribution in [3.05, 3.63) is 42.2 Å². The van der Waals surface area contributed by atoms with E-state index >= 15 is 0 Å². The summed E-state index contributed by atoms with van der Waals surface area (Å²) in [6, 6.07) is 7.71. The molecule has 0 radical (unpaired) electrons. The topological polar surface area (TPSA) is 48.4 Å². The van der Waals surface area contributed by atoms with Crippen molar-refractivity contribution in [2.24, 2.45) is 5.92 Å². The Balaban J connectivity index is 1.72. The molecule has 1 aliphatic rings. The van der Waals surface area contributed by atoms with E-state index in [-0.39, 0.29) is 5.97 Å². The number of ether oxygens (including phenoxy) is 2. The van der Waals surface area contributed by atoms with Gasteiger partial charge >= 0.3 is 5.97 Å². The Kier molecular flexibility index (Phi) is 3.92. The third-order valence-corrected chi connectivity index (χ3v) is 3.68. The fraction of sp³-hybridized carbons (Fsp3) is 0.375. The van der Waals surface area contributed by atoms with Crippen LogP contribution in [-0.2, 0) is 9.47 Å². The molecule has 2 heterocycles. The number of esters is 1. The molecule has 4 nitrogen and oxygen atoms in total. The second-order valence-electron chi connectivity index (χ2n) is 5.06. The molecular formula is C16H17NO3. The van der Waals surface area contributed by atoms with Gasteiger partial charge in [0.15, 0.2) is 0 Å². The minimum Gasteiger partial charge on any atom is -0.462 e. The van der Waals surface area contributed by atoms with Crippen molar-refractivity contribution in [1.82, 2.24) is 4.98 Å². The van der Waals surface area contributed by atoms with Gasteiger partial charge in [-0.25, -0.2) is 4.79 Å². The van der Waals surface area contributed by atoms with Crippen LogP contribution in [0.1, 0.15) is 23.2 Å². The number of aromatic nitrogens is 1. The molecule has 0 unspecified atom stereocenters. The molecule has 0 bridgehead atoms. The van der Waals surface area contributed by atoms with E-state index in [1.807, 2.05) is 24.3 Å². The minimum absolute atomic E-state index is 0.291. The minimum atomic E-state index is -0.291. The number of nitrogens with zero attached hydrogens (tertiary/aromatic N) is 1. The molecule has 1 aliphatic heterocycles. The van der Waals surface area contributed by atoms with Gasteiger partial charge in [-0.15, -0.1) is 0 Å². The van der Waals surface area contributed by atoms with Crippen LogP contribution >= 0.6 is 0 Å². The largest absolute Gasteiger partial charge is 0.462 e. The zero-order valence-electron chi connectivity index (χ0n) is 11.2. The molecule has 0 amide bonds. The summed E-state index contributed by atoms with van der Waals surface area (Å²) in [7, 11) is 0. The van der Waals surface area contributed by atoms with Gasteiger partial charge in [-0.3, -0.25) is 4.98 Å². The number of hydrogen-bond donors (Lipinski definition) is 0. The Morgan fingerprint density at radius 2 is 2.05 bits per heavy atom. The molecule has 4 heteroatoms. The van der Waals surface area contributed by atoms with Crippen molar-refractivity contribution in [2.75, 3.05) is 19.8 Å². The van der Waals surface area contributed by atoms with E-state index in [0.717, 1.165) is 36.8 Å². The smallest absolute Gasteiger partial charge is 0.340 e. The first-order valence-electron chi connectivity index (χ1n) is 6.92. The fourth-order valence-corrected chi connectivity index (χ4v) is 2.46. The Bertz CT molecular complexity index is 600. The van der Waals surface area contributed by atoms with E-state index in [4.69, 9.17) is 9.47 Å². The van der Waals surface area contributed by atoms with Crippen molar-refractivity contribution >= 4 is 16.7 Å². The maximum Gasteiger partial charge on any atom is 0.340 e. The molecule has 104 valence electrons. The van der Waals surface area contributed by atoms with Crippen LogP contribution in [0.4, 0.5) is 0 Å². The summed E-state index contributed by atoms with van der Waals surface area (Å²) in [5.41, 5.74) is 0.537. The van der Waals surface area contributed by atoms with E-state index in [0.29, 0.717) is 18.1 Å². The molecule has 0 spiro atoms. The van der Waals surface area contributed by atoms with Crippen LogP contribution in [0.25, 0.3) is 10.8 Å². The van der Waals surface area contributed by atoms with Crippen molar-refractivity contribution in [3.63, 3.8) is 0 Å². The molecule has 0 N–H and O–H groups in total. The molecule has 1 saturated heterocycles. The first kappa shape index (κ1) is 13.1. The van der Waals surface area contributed by atoms with E-state index in [2.05, 4.69) is 4.98 Å². The molecule has 20 heavy (non-hydrogen) atoms. The van der Waals surface area contributed by atoms with E-state index < -0.39 is 0 Å². The van der Waals surface area contributed by atoms with Crippen LogP contribution in [0.5, 0.6) is 0 Å². The highest BCUT2D eigenvalue weighted by Crippen LogP contribution is 2.19. The summed E-state index contributed by atoms with van der Waals surface area (Å²) in [5, 5.41) is 1.84. The zero-order chi connectivity index (χ0) is 13.8. The lowest BCUT2D eigenvalue weighted by Gasteiger charge is -2.21. The normalized spacial score (nSPS) is 16.2. The summed E-state index contributed by atoms with van der Waals surface area (Å²) in [6.07, 6.45) is 5.25. The highest BCUT2D eigenvalue weighted by Gasteiger charge is 2.17. The monoisotopic (exact) mass is 271 g/mol. The average Bonchev–Trinajstić information content (AvgIpc) is 2.53. The summed E-state index contributed by atoms with van der Waals surface area (Å²) < 4.78 is 10.7. The molecule has 1 fully saturated rings. The van der Waals surface area contributed by atoms with Crippen molar-refractivity contribution < 1.29 is 14.3 Å². The van der Waals surface area contributed by atoms with E-state index in [1.165, 1.54) is 0 Å². The molecule has 3 rings (SSSR count). The summed E-state index contributed by atoms with van der Waals surface area (Å²) in [4.78, 5) is 16.3. The predicted molar refractivity (Wildman–Crippen MR) is 75.6 cm³/mol. The van der Waals surface area contributed by atoms with Crippen LogP contribution in [0, 0.1) is 5.92 Å². The third kappa shape index (κ3) is 2.80. The molecule has 0 aliphatic carbocycles. The highest BCUT2D eigenvalue weighted by atomic mass is 16.5. The van der Waals surface area contributed by atoms with Gasteiger partial charge in [-0.05, 0) is 24.1 Å². The van der Waals surface area contributed by atoms with Crippen molar-refractivity contribution in [2.45, 2.75) is 12.8 Å². The number of benzene rings is 1. The number of carbonyl (C=O) groups excluding carboxylic acids is 1. The Morgan fingerprint density at radius 3 is 2.90 bits per heavy atom. The molecule has 1 aromatic carbocycles. The van der Waals surface area contributed by atoms with Crippen LogP contribution in [-0.4, -0.2) is 30.8 Å². The van der Waals surface area contributed by atoms with E-state index in [1.54, 1.807) is 12.4 Å². The van der Waals surface area contributed by atoms with Crippen molar-refractivity contribution in [1.29, 1.82) is 0 Å². The number of pyridine rings is 1. The molecule has 0 saturated carbocycles. The molecule has 0 atom stereocenters. The first-order chi connectivity index (χ1) is 9.84. The van der Waals surface area contributed by atoms with Crippen LogP contribution in [0.2, 0.25) is 0 Å². The molecular weight excluding hydrogens is 254 g/mol. The molecule has 2 aromatic rings. The fourth-order valence-electron chi connectivity index (χ4n) is 2.46. The maximum atomic E-state index is 12.2. The van der Waals surface area contributed by atoms with Gasteiger partial charge in [0.05, 0.1) is 12.2 Å². The SMILES string of the molecule is O=C(OCC1CCOCC1)c1cncc2ccccc12. The Morgan fingerprint density at radius 1 is 1.25 bits per heavy atom. The van der Waals surface area contributed by atoms with Gasteiger partial charge in [-0.2, -0.15) is 0 Å². The lowest BCUT2D eigenvalue weighted by Crippen LogP contribution is -2.22. The summed E-state index contributed by atoms with van der Waals surface area (Å²) in [5.74, 6) is 0.122. The Labute approximate surface area is 117 Å². The predicted octanol–water partition coefficient (Wildman–Crippen LogP) is 2.82. The second-order valence-corrected chi connectivity index (χ2v) is 5.06. The number of carbonyl (C=O) groups is 1. The molecule has 1 aromatic heterocycles. The van der Waals surface area contributed by atoms with Crippen LogP contribution in [0.15, 0.2) is 36.7 Å². The summed E-state index contributed by atoms with van der Waals surface area (Å²) in [6.45, 7) is 1.99. The maximum absolute atomic E-state index is 12.2. The lowest BCUT2D eigenvalue weighted by molar-refractivity contribution is 0.0187. The van der Waals surface area contributed by atoms with Gasteiger partial charge in [0.1, 0.15) is 0 Å². The quantitative estimate of drug-likeness (QED) is 0.805. The van der Waals surface area contributed by atoms with Gasteiger partial charge in [0.2, 0.25) is 0 Å². The zero-order valence-corrected chi connectivity index (χ0v) is 11.2. The number of hydrogen-bond acceptors (Lipinski definition) is 4. The van der Waals surface area contributed by atoms with E-state index in [9.17, 15) is 4.79 Å².